The van der Waals surface area contributed by atoms with Gasteiger partial charge in [-0.15, -0.1) is 0 Å². The molecule has 1 aromatic carbocycles. The summed E-state index contributed by atoms with van der Waals surface area (Å²) in [5.74, 6) is 0.973. The summed E-state index contributed by atoms with van der Waals surface area (Å²) in [7, 11) is 3.49. The molecule has 0 aliphatic heterocycles. The van der Waals surface area contributed by atoms with Crippen LogP contribution in [-0.4, -0.2) is 15.8 Å². The Kier molecular flexibility index (Phi) is 4.64. The molecule has 0 amide bonds. The summed E-state index contributed by atoms with van der Waals surface area (Å²) in [4.78, 5) is 0. The van der Waals surface area contributed by atoms with Crippen LogP contribution in [0.3, 0.4) is 0 Å². The number of ether oxygens (including phenoxy) is 1. The van der Waals surface area contributed by atoms with Gasteiger partial charge in [0.05, 0.1) is 3.57 Å². The van der Waals surface area contributed by atoms with Gasteiger partial charge in [0.15, 0.2) is 0 Å². The third kappa shape index (κ3) is 4.55. The van der Waals surface area contributed by atoms with E-state index in [4.69, 9.17) is 4.74 Å². The molecule has 0 saturated heterocycles. The van der Waals surface area contributed by atoms with Crippen molar-refractivity contribution in [3.8, 4) is 5.75 Å². The monoisotopic (exact) mass is 331 g/mol. The fraction of sp³-hybridized carbons (Fsp3) is 0.500. The van der Waals surface area contributed by atoms with E-state index in [9.17, 15) is 0 Å². The second-order valence-corrected chi connectivity index (χ2v) is 6.14. The summed E-state index contributed by atoms with van der Waals surface area (Å²) in [5.41, 5.74) is 1.21. The van der Waals surface area contributed by atoms with Crippen molar-refractivity contribution in [3.05, 3.63) is 27.3 Å². The molecule has 0 aliphatic carbocycles. The molecule has 0 N–H and O–H groups in total. The highest BCUT2D eigenvalue weighted by molar-refractivity contribution is 14.1. The predicted molar refractivity (Wildman–Crippen MR) is 73.8 cm³/mol. The number of halogens is 1. The minimum absolute atomic E-state index is 0.128. The number of hydrogen-bond donors (Lipinski definition) is 0. The molecule has 3 radical (unpaired) electrons. The normalized spacial score (nSPS) is 11.5. The molecule has 0 fully saturated rings. The van der Waals surface area contributed by atoms with Crippen LogP contribution < -0.4 is 4.74 Å². The Morgan fingerprint density at radius 3 is 2.47 bits per heavy atom. The summed E-state index contributed by atoms with van der Waals surface area (Å²) < 4.78 is 7.03. The Hall–Kier alpha value is -0.0331. The lowest BCUT2D eigenvalue weighted by Gasteiger charge is -2.22. The molecular formula is C12H16IOSi. The number of aryl methyl sites for hydroxylation is 1. The van der Waals surface area contributed by atoms with Crippen molar-refractivity contribution in [1.82, 2.24) is 0 Å². The third-order valence-corrected chi connectivity index (χ3v) is 2.92. The zero-order chi connectivity index (χ0) is 11.5. The van der Waals surface area contributed by atoms with E-state index in [0.29, 0.717) is 0 Å². The minimum Gasteiger partial charge on any atom is -0.487 e. The number of benzene rings is 1. The van der Waals surface area contributed by atoms with Crippen LogP contribution in [0.25, 0.3) is 0 Å². The van der Waals surface area contributed by atoms with Gasteiger partial charge in [-0.3, -0.25) is 0 Å². The molecule has 0 heterocycles. The fourth-order valence-electron chi connectivity index (χ4n) is 1.26. The van der Waals surface area contributed by atoms with Gasteiger partial charge in [0.1, 0.15) is 11.4 Å². The van der Waals surface area contributed by atoms with E-state index < -0.39 is 0 Å². The zero-order valence-corrected chi connectivity index (χ0v) is 12.6. The molecule has 0 bridgehead atoms. The molecule has 0 unspecified atom stereocenters. The van der Waals surface area contributed by atoms with Crippen molar-refractivity contribution < 1.29 is 4.74 Å². The van der Waals surface area contributed by atoms with Gasteiger partial charge in [-0.2, -0.15) is 0 Å². The van der Waals surface area contributed by atoms with Crippen LogP contribution in [0.2, 0.25) is 6.04 Å². The predicted octanol–water partition coefficient (Wildman–Crippen LogP) is 3.60. The Morgan fingerprint density at radius 1 is 1.33 bits per heavy atom. The fourth-order valence-corrected chi connectivity index (χ4v) is 2.24. The van der Waals surface area contributed by atoms with Crippen LogP contribution in [0.15, 0.2) is 18.2 Å². The lowest BCUT2D eigenvalue weighted by atomic mass is 10.1. The second-order valence-electron chi connectivity index (χ2n) is 4.48. The maximum absolute atomic E-state index is 5.85. The molecule has 3 heteroatoms. The standard InChI is InChI=1S/C12H16IOSi/c1-12(2,3)14-11-5-4-9(6-7-15)8-10(11)13/h4-5,8H,6-7H2,1-3H3. The Bertz CT molecular complexity index is 331. The molecule has 15 heavy (non-hydrogen) atoms. The van der Waals surface area contributed by atoms with Crippen LogP contribution in [0.4, 0.5) is 0 Å². The molecule has 81 valence electrons. The van der Waals surface area contributed by atoms with E-state index in [0.717, 1.165) is 18.2 Å². The lowest BCUT2D eigenvalue weighted by molar-refractivity contribution is 0.129. The first-order chi connectivity index (χ1) is 6.92. The van der Waals surface area contributed by atoms with Gasteiger partial charge in [0, 0.05) is 10.2 Å². The molecule has 0 atom stereocenters. The molecular weight excluding hydrogens is 315 g/mol. The Labute approximate surface area is 109 Å². The van der Waals surface area contributed by atoms with Crippen molar-refractivity contribution in [2.75, 3.05) is 0 Å². The first-order valence-electron chi connectivity index (χ1n) is 5.04. The lowest BCUT2D eigenvalue weighted by Crippen LogP contribution is -2.23. The van der Waals surface area contributed by atoms with Crippen LogP contribution in [-0.2, 0) is 6.42 Å². The highest BCUT2D eigenvalue weighted by atomic mass is 127. The third-order valence-electron chi connectivity index (χ3n) is 1.83. The van der Waals surface area contributed by atoms with Gasteiger partial charge in [-0.25, -0.2) is 0 Å². The smallest absolute Gasteiger partial charge is 0.133 e. The summed E-state index contributed by atoms with van der Waals surface area (Å²) in [6.07, 6.45) is 1.06. The maximum atomic E-state index is 5.85. The Balaban J connectivity index is 2.84. The van der Waals surface area contributed by atoms with Crippen molar-refractivity contribution in [2.45, 2.75) is 38.8 Å². The Morgan fingerprint density at radius 2 is 2.00 bits per heavy atom. The summed E-state index contributed by atoms with van der Waals surface area (Å²) >= 11 is 2.32. The van der Waals surface area contributed by atoms with Gasteiger partial charge in [0.25, 0.3) is 0 Å². The van der Waals surface area contributed by atoms with E-state index in [1.54, 1.807) is 0 Å². The summed E-state index contributed by atoms with van der Waals surface area (Å²) in [5, 5.41) is 0. The van der Waals surface area contributed by atoms with Gasteiger partial charge in [0.2, 0.25) is 0 Å². The van der Waals surface area contributed by atoms with Crippen LogP contribution >= 0.6 is 22.6 Å². The molecule has 1 nitrogen and oxygen atoms in total. The SMILES string of the molecule is CC(C)(C)Oc1ccc(CC[Si])cc1I. The van der Waals surface area contributed by atoms with E-state index in [-0.39, 0.29) is 5.60 Å². The van der Waals surface area contributed by atoms with E-state index in [1.165, 1.54) is 9.13 Å². The van der Waals surface area contributed by atoms with Gasteiger partial charge >= 0.3 is 0 Å². The first kappa shape index (κ1) is 13.0. The van der Waals surface area contributed by atoms with Crippen molar-refractivity contribution in [1.29, 1.82) is 0 Å². The van der Waals surface area contributed by atoms with Crippen molar-refractivity contribution in [2.24, 2.45) is 0 Å². The van der Waals surface area contributed by atoms with Gasteiger partial charge < -0.3 is 4.74 Å². The average Bonchev–Trinajstić information content (AvgIpc) is 2.08. The van der Waals surface area contributed by atoms with Crippen molar-refractivity contribution >= 4 is 32.8 Å². The highest BCUT2D eigenvalue weighted by Gasteiger charge is 2.13. The van der Waals surface area contributed by atoms with Crippen LogP contribution in [0.5, 0.6) is 5.75 Å². The topological polar surface area (TPSA) is 9.23 Å². The zero-order valence-electron chi connectivity index (χ0n) is 9.43. The molecule has 1 aromatic rings. The first-order valence-corrected chi connectivity index (χ1v) is 6.83. The molecule has 0 aliphatic rings. The molecule has 0 saturated carbocycles. The average molecular weight is 331 g/mol. The number of hydrogen-bond acceptors (Lipinski definition) is 1. The molecule has 0 aromatic heterocycles. The van der Waals surface area contributed by atoms with Gasteiger partial charge in [-0.05, 0) is 67.5 Å². The second kappa shape index (κ2) is 5.34. The largest absolute Gasteiger partial charge is 0.487 e. The van der Waals surface area contributed by atoms with Crippen LogP contribution in [0.1, 0.15) is 26.3 Å². The van der Waals surface area contributed by atoms with Crippen LogP contribution in [0, 0.1) is 3.57 Å². The highest BCUT2D eigenvalue weighted by Crippen LogP contribution is 2.26. The number of rotatable bonds is 3. The molecule has 1 rings (SSSR count). The molecule has 0 spiro atoms. The van der Waals surface area contributed by atoms with E-state index in [1.807, 2.05) is 0 Å². The van der Waals surface area contributed by atoms with Gasteiger partial charge in [-0.1, -0.05) is 12.1 Å². The van der Waals surface area contributed by atoms with Crippen molar-refractivity contribution in [3.63, 3.8) is 0 Å². The maximum Gasteiger partial charge on any atom is 0.133 e. The van der Waals surface area contributed by atoms with E-state index >= 15 is 0 Å². The summed E-state index contributed by atoms with van der Waals surface area (Å²) in [6, 6.07) is 7.37. The quantitative estimate of drug-likeness (QED) is 0.607. The minimum atomic E-state index is -0.128. The summed E-state index contributed by atoms with van der Waals surface area (Å²) in [6.45, 7) is 6.19. The van der Waals surface area contributed by atoms with E-state index in [2.05, 4.69) is 71.8 Å².